The monoisotopic (exact) mass is 383 g/mol. The molecule has 2 aromatic rings. The van der Waals surface area contributed by atoms with Gasteiger partial charge in [0.05, 0.1) is 24.1 Å². The van der Waals surface area contributed by atoms with Gasteiger partial charge in [0, 0.05) is 30.3 Å². The van der Waals surface area contributed by atoms with Gasteiger partial charge in [-0.2, -0.15) is 4.99 Å². The number of furan rings is 1. The van der Waals surface area contributed by atoms with Crippen molar-refractivity contribution in [3.05, 3.63) is 52.6 Å². The maximum Gasteiger partial charge on any atom is 0.286 e. The summed E-state index contributed by atoms with van der Waals surface area (Å²) in [5, 5.41) is 11.9. The number of hydrogen-bond acceptors (Lipinski definition) is 7. The Kier molecular flexibility index (Phi) is 4.83. The maximum atomic E-state index is 12.2. The highest BCUT2D eigenvalue weighted by Crippen LogP contribution is 2.32. The van der Waals surface area contributed by atoms with Crippen LogP contribution in [0.25, 0.3) is 17.4 Å². The zero-order valence-electron chi connectivity index (χ0n) is 14.2. The van der Waals surface area contributed by atoms with Gasteiger partial charge in [-0.3, -0.25) is 4.79 Å². The molecule has 1 fully saturated rings. The lowest BCUT2D eigenvalue weighted by Crippen LogP contribution is -2.38. The number of carboxylic acid groups (broad SMARTS) is 1. The molecule has 1 saturated heterocycles. The molecule has 0 aliphatic carbocycles. The number of carbonyl (C=O) groups excluding carboxylic acids is 2. The molecule has 3 heterocycles. The molecule has 138 valence electrons. The fourth-order valence-electron chi connectivity index (χ4n) is 2.87. The molecule has 2 aliphatic rings. The number of thioether (sulfide) groups is 1. The van der Waals surface area contributed by atoms with E-state index in [0.717, 1.165) is 0 Å². The maximum absolute atomic E-state index is 12.2. The number of aromatic carboxylic acids is 1. The molecule has 27 heavy (non-hydrogen) atoms. The quantitative estimate of drug-likeness (QED) is 0.743. The molecule has 7 nitrogen and oxygen atoms in total. The van der Waals surface area contributed by atoms with Crippen LogP contribution in [0.2, 0.25) is 0 Å². The topological polar surface area (TPSA) is 95.2 Å². The Balaban J connectivity index is 1.55. The lowest BCUT2D eigenvalue weighted by atomic mass is 10.1. The Morgan fingerprint density at radius 1 is 1.19 bits per heavy atom. The van der Waals surface area contributed by atoms with Crippen LogP contribution in [0.5, 0.6) is 0 Å². The van der Waals surface area contributed by atoms with Gasteiger partial charge in [0.25, 0.3) is 5.91 Å². The van der Waals surface area contributed by atoms with E-state index in [1.807, 2.05) is 4.90 Å². The van der Waals surface area contributed by atoms with E-state index in [1.54, 1.807) is 36.4 Å². The molecule has 0 saturated carbocycles. The molecule has 4 rings (SSSR count). The molecule has 0 unspecified atom stereocenters. The Morgan fingerprint density at radius 2 is 1.96 bits per heavy atom. The third kappa shape index (κ3) is 3.67. The summed E-state index contributed by atoms with van der Waals surface area (Å²) in [4.78, 5) is 30.1. The third-order valence-electron chi connectivity index (χ3n) is 4.20. The van der Waals surface area contributed by atoms with Crippen molar-refractivity contribution in [2.75, 3.05) is 26.3 Å². The summed E-state index contributed by atoms with van der Waals surface area (Å²) in [5.41, 5.74) is 0.480. The molecule has 1 aromatic heterocycles. The van der Waals surface area contributed by atoms with Crippen LogP contribution in [0.4, 0.5) is 0 Å². The van der Waals surface area contributed by atoms with E-state index in [-0.39, 0.29) is 11.5 Å². The number of amidine groups is 1. The average Bonchev–Trinajstić information content (AvgIpc) is 3.30. The Hall–Kier alpha value is -2.84. The van der Waals surface area contributed by atoms with Gasteiger partial charge < -0.3 is 24.0 Å². The van der Waals surface area contributed by atoms with Gasteiger partial charge in [0.2, 0.25) is 0 Å². The van der Waals surface area contributed by atoms with Crippen LogP contribution in [0.3, 0.4) is 0 Å². The molecule has 0 radical (unpaired) electrons. The minimum absolute atomic E-state index is 0.0512. The van der Waals surface area contributed by atoms with Crippen LogP contribution >= 0.6 is 11.8 Å². The summed E-state index contributed by atoms with van der Waals surface area (Å²) >= 11 is 1.30. The van der Waals surface area contributed by atoms with Gasteiger partial charge in [-0.1, -0.05) is 24.3 Å². The first kappa shape index (κ1) is 17.6. The Morgan fingerprint density at radius 3 is 2.74 bits per heavy atom. The highest BCUT2D eigenvalue weighted by molar-refractivity contribution is 8.18. The minimum atomic E-state index is -1.27. The average molecular weight is 383 g/mol. The van der Waals surface area contributed by atoms with Gasteiger partial charge in [0.15, 0.2) is 5.17 Å². The van der Waals surface area contributed by atoms with Gasteiger partial charge >= 0.3 is 0 Å². The van der Waals surface area contributed by atoms with E-state index in [2.05, 4.69) is 4.99 Å². The number of aliphatic imine (C=N–C) groups is 1. The van der Waals surface area contributed by atoms with Crippen molar-refractivity contribution in [3.8, 4) is 11.3 Å². The zero-order chi connectivity index (χ0) is 18.8. The van der Waals surface area contributed by atoms with Crippen LogP contribution in [0, 0.1) is 0 Å². The molecule has 0 spiro atoms. The highest BCUT2D eigenvalue weighted by Gasteiger charge is 2.27. The smallest absolute Gasteiger partial charge is 0.286 e. The summed E-state index contributed by atoms with van der Waals surface area (Å²) in [6, 6.07) is 9.82. The van der Waals surface area contributed by atoms with Crippen LogP contribution in [-0.4, -0.2) is 48.2 Å². The lowest BCUT2D eigenvalue weighted by Gasteiger charge is -2.27. The molecule has 0 bridgehead atoms. The van der Waals surface area contributed by atoms with E-state index in [9.17, 15) is 14.7 Å². The number of nitrogens with zero attached hydrogens (tertiary/aromatic N) is 2. The summed E-state index contributed by atoms with van der Waals surface area (Å²) in [6.45, 7) is 2.65. The van der Waals surface area contributed by atoms with Crippen molar-refractivity contribution >= 4 is 34.9 Å². The van der Waals surface area contributed by atoms with Crippen molar-refractivity contribution in [1.82, 2.24) is 4.90 Å². The van der Waals surface area contributed by atoms with E-state index < -0.39 is 5.97 Å². The predicted octanol–water partition coefficient (Wildman–Crippen LogP) is 1.61. The lowest BCUT2D eigenvalue weighted by molar-refractivity contribution is -0.254. The fourth-order valence-corrected chi connectivity index (χ4v) is 3.81. The Bertz CT molecular complexity index is 957. The van der Waals surface area contributed by atoms with E-state index in [1.165, 1.54) is 17.8 Å². The number of hydrogen-bond donors (Lipinski definition) is 0. The number of benzene rings is 1. The first-order chi connectivity index (χ1) is 13.1. The number of morpholine rings is 1. The molecule has 0 atom stereocenters. The fraction of sp³-hybridized carbons (Fsp3) is 0.211. The minimum Gasteiger partial charge on any atom is -0.545 e. The molecule has 8 heteroatoms. The number of rotatable bonds is 3. The van der Waals surface area contributed by atoms with Crippen molar-refractivity contribution in [3.63, 3.8) is 0 Å². The van der Waals surface area contributed by atoms with Crippen molar-refractivity contribution in [2.24, 2.45) is 4.99 Å². The molecule has 2 aliphatic heterocycles. The van der Waals surface area contributed by atoms with E-state index in [4.69, 9.17) is 9.15 Å². The molecule has 1 aromatic carbocycles. The summed E-state index contributed by atoms with van der Waals surface area (Å²) < 4.78 is 11.0. The standard InChI is InChI=1S/C19H16N2O5S/c22-17-16(27-19(20-17)21-7-9-25-10-8-21)11-12-5-6-15(26-12)13-3-1-2-4-14(13)18(23)24/h1-6,11H,7-10H2,(H,23,24)/p-1/b16-11-. The molecular weight excluding hydrogens is 368 g/mol. The summed E-state index contributed by atoms with van der Waals surface area (Å²) in [5.74, 6) is -0.736. The molecule has 0 N–H and O–H groups in total. The second kappa shape index (κ2) is 7.42. The second-order valence-electron chi connectivity index (χ2n) is 5.94. The number of ether oxygens (including phenoxy) is 1. The van der Waals surface area contributed by atoms with E-state index >= 15 is 0 Å². The van der Waals surface area contributed by atoms with E-state index in [0.29, 0.717) is 53.5 Å². The van der Waals surface area contributed by atoms with Gasteiger partial charge in [-0.15, -0.1) is 0 Å². The van der Waals surface area contributed by atoms with Gasteiger partial charge in [-0.25, -0.2) is 0 Å². The first-order valence-electron chi connectivity index (χ1n) is 8.37. The molecular formula is C19H15N2O5S-. The van der Waals surface area contributed by atoms with Crippen molar-refractivity contribution < 1.29 is 23.8 Å². The first-order valence-corrected chi connectivity index (χ1v) is 9.19. The highest BCUT2D eigenvalue weighted by atomic mass is 32.2. The summed E-state index contributed by atoms with van der Waals surface area (Å²) in [7, 11) is 0. The Labute approximate surface area is 159 Å². The van der Waals surface area contributed by atoms with Crippen LogP contribution in [0.15, 0.2) is 50.7 Å². The largest absolute Gasteiger partial charge is 0.545 e. The SMILES string of the molecule is O=C1N=C(N2CCOCC2)S/C1=C\c1ccc(-c2ccccc2C(=O)[O-])o1. The number of amides is 1. The second-order valence-corrected chi connectivity index (χ2v) is 6.95. The number of carbonyl (C=O) groups is 2. The zero-order valence-corrected chi connectivity index (χ0v) is 15.0. The van der Waals surface area contributed by atoms with Crippen LogP contribution < -0.4 is 5.11 Å². The molecule has 1 amide bonds. The normalized spacial score (nSPS) is 18.8. The van der Waals surface area contributed by atoms with Gasteiger partial charge in [-0.05, 0) is 23.9 Å². The van der Waals surface area contributed by atoms with Crippen LogP contribution in [0.1, 0.15) is 16.1 Å². The van der Waals surface area contributed by atoms with Gasteiger partial charge in [0.1, 0.15) is 11.5 Å². The van der Waals surface area contributed by atoms with Crippen molar-refractivity contribution in [2.45, 2.75) is 0 Å². The van der Waals surface area contributed by atoms with Crippen molar-refractivity contribution in [1.29, 1.82) is 0 Å². The third-order valence-corrected chi connectivity index (χ3v) is 5.25. The number of carboxylic acids is 1. The summed E-state index contributed by atoms with van der Waals surface area (Å²) in [6.07, 6.45) is 1.62. The van der Waals surface area contributed by atoms with Crippen LogP contribution in [-0.2, 0) is 9.53 Å². The predicted molar refractivity (Wildman–Crippen MR) is 98.9 cm³/mol.